The topological polar surface area (TPSA) is 117 Å². The molecule has 0 spiro atoms. The molecule has 0 saturated carbocycles. The highest BCUT2D eigenvalue weighted by Gasteiger charge is 2.14. The maximum Gasteiger partial charge on any atom is 0.277 e. The fraction of sp³-hybridized carbons (Fsp3) is 0.176. The highest BCUT2D eigenvalue weighted by Crippen LogP contribution is 2.20. The van der Waals surface area contributed by atoms with Gasteiger partial charge in [-0.15, -0.1) is 10.2 Å². The number of thioether (sulfide) groups is 1. The summed E-state index contributed by atoms with van der Waals surface area (Å²) in [7, 11) is 0. The number of benzene rings is 1. The van der Waals surface area contributed by atoms with Gasteiger partial charge < -0.3 is 9.73 Å². The van der Waals surface area contributed by atoms with Crippen LogP contribution in [0.2, 0.25) is 0 Å². The number of aromatic nitrogens is 7. The number of rotatable bonds is 7. The molecule has 0 fully saturated rings. The summed E-state index contributed by atoms with van der Waals surface area (Å²) in [4.78, 5) is 16.2. The number of amides is 1. The molecule has 0 saturated heterocycles. The van der Waals surface area contributed by atoms with Crippen LogP contribution in [0.4, 0.5) is 10.2 Å². The molecule has 0 unspecified atom stereocenters. The van der Waals surface area contributed by atoms with Gasteiger partial charge >= 0.3 is 0 Å². The summed E-state index contributed by atoms with van der Waals surface area (Å²) in [5, 5.41) is 19.2. The molecule has 29 heavy (non-hydrogen) atoms. The van der Waals surface area contributed by atoms with Gasteiger partial charge in [-0.3, -0.25) is 4.79 Å². The number of nitrogens with zero attached hydrogens (tertiary/aromatic N) is 7. The summed E-state index contributed by atoms with van der Waals surface area (Å²) >= 11 is 1.11. The summed E-state index contributed by atoms with van der Waals surface area (Å²) < 4.78 is 21.7. The largest absolute Gasteiger partial charge is 0.414 e. The van der Waals surface area contributed by atoms with Gasteiger partial charge in [0.05, 0.1) is 17.1 Å². The lowest BCUT2D eigenvalue weighted by Crippen LogP contribution is -2.17. The van der Waals surface area contributed by atoms with E-state index in [1.54, 1.807) is 34.5 Å². The molecule has 3 heterocycles. The minimum atomic E-state index is -0.345. The maximum atomic E-state index is 13.2. The molecule has 148 valence electrons. The Bertz CT molecular complexity index is 1110. The molecule has 1 N–H and O–H groups in total. The summed E-state index contributed by atoms with van der Waals surface area (Å²) in [5.74, 6) is 0.302. The predicted octanol–water partition coefficient (Wildman–Crippen LogP) is 2.07. The number of hydrogen-bond donors (Lipinski definition) is 1. The van der Waals surface area contributed by atoms with Gasteiger partial charge in [0.2, 0.25) is 11.8 Å². The van der Waals surface area contributed by atoms with Crippen molar-refractivity contribution in [3.8, 4) is 5.69 Å². The van der Waals surface area contributed by atoms with Gasteiger partial charge in [-0.25, -0.2) is 18.7 Å². The second-order valence-corrected chi connectivity index (χ2v) is 6.88. The van der Waals surface area contributed by atoms with E-state index in [1.165, 1.54) is 24.8 Å². The van der Waals surface area contributed by atoms with E-state index in [0.29, 0.717) is 29.6 Å². The normalized spacial score (nSPS) is 11.0. The Balaban J connectivity index is 1.37. The minimum Gasteiger partial charge on any atom is -0.414 e. The molecule has 12 heteroatoms. The average Bonchev–Trinajstić information content (AvgIpc) is 3.44. The molecule has 1 aromatic carbocycles. The molecule has 0 aliphatic rings. The van der Waals surface area contributed by atoms with E-state index >= 15 is 0 Å². The van der Waals surface area contributed by atoms with E-state index in [2.05, 4.69) is 30.7 Å². The second-order valence-electron chi connectivity index (χ2n) is 5.95. The highest BCUT2D eigenvalue weighted by atomic mass is 32.2. The van der Waals surface area contributed by atoms with Crippen LogP contribution < -0.4 is 5.32 Å². The predicted molar refractivity (Wildman–Crippen MR) is 101 cm³/mol. The number of anilines is 1. The SMILES string of the molecule is Cc1cc(NC(=O)CSc2nnc(Cn3cncn3)o2)n(-c2ccc(F)cc2)n1. The highest BCUT2D eigenvalue weighted by molar-refractivity contribution is 7.99. The van der Waals surface area contributed by atoms with Crippen molar-refractivity contribution in [2.75, 3.05) is 11.1 Å². The Morgan fingerprint density at radius 3 is 2.86 bits per heavy atom. The molecule has 0 radical (unpaired) electrons. The van der Waals surface area contributed by atoms with Crippen molar-refractivity contribution >= 4 is 23.5 Å². The van der Waals surface area contributed by atoms with E-state index < -0.39 is 0 Å². The smallest absolute Gasteiger partial charge is 0.277 e. The van der Waals surface area contributed by atoms with Gasteiger partial charge in [0, 0.05) is 6.07 Å². The first-order valence-corrected chi connectivity index (χ1v) is 9.45. The number of nitrogens with one attached hydrogen (secondary N) is 1. The fourth-order valence-corrected chi connectivity index (χ4v) is 3.07. The Hall–Kier alpha value is -3.54. The van der Waals surface area contributed by atoms with Crippen LogP contribution in [0, 0.1) is 12.7 Å². The van der Waals surface area contributed by atoms with Gasteiger partial charge in [0.25, 0.3) is 5.22 Å². The van der Waals surface area contributed by atoms with Crippen LogP contribution in [0.15, 0.2) is 52.6 Å². The van der Waals surface area contributed by atoms with Gasteiger partial charge in [0.15, 0.2) is 0 Å². The van der Waals surface area contributed by atoms with E-state index in [-0.39, 0.29) is 22.7 Å². The third-order valence-electron chi connectivity index (χ3n) is 3.71. The van der Waals surface area contributed by atoms with Crippen LogP contribution in [0.5, 0.6) is 0 Å². The molecule has 0 aliphatic carbocycles. The lowest BCUT2D eigenvalue weighted by Gasteiger charge is -2.08. The summed E-state index contributed by atoms with van der Waals surface area (Å²) in [6.45, 7) is 2.11. The first-order chi connectivity index (χ1) is 14.1. The van der Waals surface area contributed by atoms with Crippen molar-refractivity contribution in [1.82, 2.24) is 34.7 Å². The van der Waals surface area contributed by atoms with E-state index in [0.717, 1.165) is 11.8 Å². The van der Waals surface area contributed by atoms with Crippen LogP contribution in [-0.2, 0) is 11.3 Å². The number of hydrogen-bond acceptors (Lipinski definition) is 8. The molecule has 4 aromatic rings. The molecule has 3 aromatic heterocycles. The van der Waals surface area contributed by atoms with Crippen LogP contribution in [0.3, 0.4) is 0 Å². The quantitative estimate of drug-likeness (QED) is 0.457. The zero-order chi connectivity index (χ0) is 20.2. The Labute approximate surface area is 168 Å². The third-order valence-corrected chi connectivity index (χ3v) is 4.53. The average molecular weight is 414 g/mol. The molecular formula is C17H15FN8O2S. The van der Waals surface area contributed by atoms with Crippen molar-refractivity contribution in [3.05, 3.63) is 60.4 Å². The van der Waals surface area contributed by atoms with Crippen molar-refractivity contribution in [2.24, 2.45) is 0 Å². The summed E-state index contributed by atoms with van der Waals surface area (Å²) in [6.07, 6.45) is 2.95. The molecule has 0 atom stereocenters. The van der Waals surface area contributed by atoms with Crippen molar-refractivity contribution < 1.29 is 13.6 Å². The van der Waals surface area contributed by atoms with Crippen LogP contribution in [0.1, 0.15) is 11.6 Å². The minimum absolute atomic E-state index is 0.0681. The molecule has 10 nitrogen and oxygen atoms in total. The van der Waals surface area contributed by atoms with Gasteiger partial charge in [-0.1, -0.05) is 11.8 Å². The van der Waals surface area contributed by atoms with Gasteiger partial charge in [0.1, 0.15) is 30.8 Å². The summed E-state index contributed by atoms with van der Waals surface area (Å²) in [5.41, 5.74) is 1.35. The van der Waals surface area contributed by atoms with E-state index in [4.69, 9.17) is 4.42 Å². The van der Waals surface area contributed by atoms with Crippen LogP contribution in [-0.4, -0.2) is 46.4 Å². The molecule has 0 aliphatic heterocycles. The van der Waals surface area contributed by atoms with E-state index in [9.17, 15) is 9.18 Å². The number of halogens is 1. The number of carbonyl (C=O) groups is 1. The number of carbonyl (C=O) groups excluding carboxylic acids is 1. The first-order valence-electron chi connectivity index (χ1n) is 8.47. The zero-order valence-electron chi connectivity index (χ0n) is 15.2. The molecule has 0 bridgehead atoms. The Morgan fingerprint density at radius 1 is 1.28 bits per heavy atom. The first kappa shape index (κ1) is 18.8. The lowest BCUT2D eigenvalue weighted by atomic mass is 10.3. The second kappa shape index (κ2) is 8.22. The number of aryl methyl sites for hydroxylation is 1. The van der Waals surface area contributed by atoms with Crippen LogP contribution in [0.25, 0.3) is 5.69 Å². The van der Waals surface area contributed by atoms with Crippen molar-refractivity contribution in [1.29, 1.82) is 0 Å². The monoisotopic (exact) mass is 414 g/mol. The summed E-state index contributed by atoms with van der Waals surface area (Å²) in [6, 6.07) is 7.57. The van der Waals surface area contributed by atoms with Gasteiger partial charge in [-0.05, 0) is 31.2 Å². The van der Waals surface area contributed by atoms with Crippen molar-refractivity contribution in [3.63, 3.8) is 0 Å². The van der Waals surface area contributed by atoms with E-state index in [1.807, 2.05) is 0 Å². The molecule has 4 rings (SSSR count). The van der Waals surface area contributed by atoms with Gasteiger partial charge in [-0.2, -0.15) is 10.2 Å². The Kier molecular flexibility index (Phi) is 5.33. The standard InChI is InChI=1S/C17H15FN8O2S/c1-11-6-14(26(24-11)13-4-2-12(18)3-5-13)21-15(27)8-29-17-23-22-16(28-17)7-25-10-19-9-20-25/h2-6,9-10H,7-8H2,1H3,(H,21,27). The zero-order valence-corrected chi connectivity index (χ0v) is 16.0. The fourth-order valence-electron chi connectivity index (χ4n) is 2.49. The van der Waals surface area contributed by atoms with Crippen LogP contribution >= 0.6 is 11.8 Å². The third kappa shape index (κ3) is 4.66. The Morgan fingerprint density at radius 2 is 2.10 bits per heavy atom. The lowest BCUT2D eigenvalue weighted by molar-refractivity contribution is -0.113. The molecular weight excluding hydrogens is 399 g/mol. The molecule has 1 amide bonds. The maximum absolute atomic E-state index is 13.2. The van der Waals surface area contributed by atoms with Crippen molar-refractivity contribution in [2.45, 2.75) is 18.7 Å².